The van der Waals surface area contributed by atoms with E-state index < -0.39 is 0 Å². The van der Waals surface area contributed by atoms with Gasteiger partial charge in [0.05, 0.1) is 12.1 Å². The maximum atomic E-state index is 11.8. The first-order valence-corrected chi connectivity index (χ1v) is 7.56. The van der Waals surface area contributed by atoms with E-state index in [0.717, 1.165) is 16.2 Å². The summed E-state index contributed by atoms with van der Waals surface area (Å²) < 4.78 is 0.680. The fraction of sp³-hybridized carbons (Fsp3) is 0.250. The second kappa shape index (κ2) is 5.20. The Bertz CT molecular complexity index is 758. The summed E-state index contributed by atoms with van der Waals surface area (Å²) in [5.41, 5.74) is 1.73. The van der Waals surface area contributed by atoms with Gasteiger partial charge in [-0.15, -0.1) is 22.7 Å². The third-order valence-electron chi connectivity index (χ3n) is 2.60. The van der Waals surface area contributed by atoms with Crippen LogP contribution in [0, 0.1) is 6.92 Å². The largest absolute Gasteiger partial charge is 0.308 e. The van der Waals surface area contributed by atoms with Gasteiger partial charge < -0.3 is 10.3 Å². The van der Waals surface area contributed by atoms with E-state index >= 15 is 0 Å². The number of nitrogens with one attached hydrogen (secondary N) is 2. The summed E-state index contributed by atoms with van der Waals surface area (Å²) in [5.74, 6) is 0.657. The molecule has 0 aliphatic carbocycles. The summed E-state index contributed by atoms with van der Waals surface area (Å²) in [6.07, 6.45) is 0. The molecule has 0 spiro atoms. The van der Waals surface area contributed by atoms with E-state index in [1.807, 2.05) is 23.8 Å². The number of hydrogen-bond donors (Lipinski definition) is 2. The van der Waals surface area contributed by atoms with Crippen molar-refractivity contribution in [2.45, 2.75) is 20.0 Å². The maximum absolute atomic E-state index is 11.8. The first kappa shape index (κ1) is 12.5. The Labute approximate surface area is 117 Å². The highest BCUT2D eigenvalue weighted by atomic mass is 32.1. The average molecular weight is 292 g/mol. The molecule has 0 bridgehead atoms. The van der Waals surface area contributed by atoms with Crippen molar-refractivity contribution in [2.24, 2.45) is 0 Å². The number of nitrogens with zero attached hydrogens (tertiary/aromatic N) is 2. The predicted molar refractivity (Wildman–Crippen MR) is 77.6 cm³/mol. The molecule has 2 N–H and O–H groups in total. The summed E-state index contributed by atoms with van der Waals surface area (Å²) in [6.45, 7) is 3.19. The summed E-state index contributed by atoms with van der Waals surface area (Å²) in [7, 11) is 0. The zero-order valence-electron chi connectivity index (χ0n) is 10.3. The molecule has 98 valence electrons. The van der Waals surface area contributed by atoms with Crippen molar-refractivity contribution < 1.29 is 0 Å². The quantitative estimate of drug-likeness (QED) is 0.772. The van der Waals surface area contributed by atoms with Gasteiger partial charge in [0, 0.05) is 17.6 Å². The molecule has 0 saturated heterocycles. The minimum absolute atomic E-state index is 0.0677. The van der Waals surface area contributed by atoms with Gasteiger partial charge in [0.1, 0.15) is 15.5 Å². The van der Waals surface area contributed by atoms with Crippen LogP contribution in [0.4, 0.5) is 0 Å². The minimum Gasteiger partial charge on any atom is -0.308 e. The smallest absolute Gasteiger partial charge is 0.268 e. The fourth-order valence-corrected chi connectivity index (χ4v) is 3.24. The van der Waals surface area contributed by atoms with Crippen LogP contribution in [0.25, 0.3) is 10.2 Å². The van der Waals surface area contributed by atoms with E-state index in [4.69, 9.17) is 0 Å². The van der Waals surface area contributed by atoms with Crippen LogP contribution in [0.3, 0.4) is 0 Å². The van der Waals surface area contributed by atoms with Crippen LogP contribution in [-0.4, -0.2) is 15.0 Å². The molecule has 3 aromatic rings. The molecule has 3 heterocycles. The lowest BCUT2D eigenvalue weighted by Gasteiger charge is -2.02. The van der Waals surface area contributed by atoms with Gasteiger partial charge in [0.15, 0.2) is 0 Å². The lowest BCUT2D eigenvalue weighted by atomic mass is 10.4. The molecule has 19 heavy (non-hydrogen) atoms. The van der Waals surface area contributed by atoms with Gasteiger partial charge in [-0.3, -0.25) is 4.79 Å². The van der Waals surface area contributed by atoms with E-state index in [1.54, 1.807) is 11.3 Å². The number of thiazole rings is 1. The molecule has 3 rings (SSSR count). The Morgan fingerprint density at radius 2 is 2.21 bits per heavy atom. The molecule has 3 aromatic heterocycles. The van der Waals surface area contributed by atoms with Crippen molar-refractivity contribution in [3.8, 4) is 0 Å². The highest BCUT2D eigenvalue weighted by Gasteiger charge is 2.05. The molecule has 0 saturated carbocycles. The summed E-state index contributed by atoms with van der Waals surface area (Å²) in [5, 5.41) is 8.17. The average Bonchev–Trinajstić information content (AvgIpc) is 2.98. The zero-order chi connectivity index (χ0) is 13.2. The number of aromatic amines is 1. The number of aryl methyl sites for hydroxylation is 1. The van der Waals surface area contributed by atoms with Crippen LogP contribution in [0.2, 0.25) is 0 Å². The summed E-state index contributed by atoms with van der Waals surface area (Å²) >= 11 is 3.04. The molecule has 0 atom stereocenters. The van der Waals surface area contributed by atoms with Gasteiger partial charge in [0.2, 0.25) is 0 Å². The third-order valence-corrected chi connectivity index (χ3v) is 4.47. The monoisotopic (exact) mass is 292 g/mol. The Kier molecular flexibility index (Phi) is 3.41. The number of hydrogen-bond acceptors (Lipinski definition) is 6. The second-order valence-corrected chi connectivity index (χ2v) is 5.99. The van der Waals surface area contributed by atoms with E-state index in [-0.39, 0.29) is 5.56 Å². The third kappa shape index (κ3) is 2.73. The minimum atomic E-state index is -0.0677. The number of fused-ring (bicyclic) bond motifs is 1. The van der Waals surface area contributed by atoms with Crippen LogP contribution < -0.4 is 10.9 Å². The number of thiophene rings is 1. The fourth-order valence-electron chi connectivity index (χ4n) is 1.78. The van der Waals surface area contributed by atoms with Crippen LogP contribution in [0.1, 0.15) is 16.5 Å². The molecular formula is C12H12N4OS2. The predicted octanol–water partition coefficient (Wildman–Crippen LogP) is 2.04. The molecule has 0 aliphatic heterocycles. The van der Waals surface area contributed by atoms with Crippen molar-refractivity contribution in [1.29, 1.82) is 0 Å². The SMILES string of the molecule is Cc1csc(CNCc2nc3ccsc3c(=O)[nH]2)n1. The van der Waals surface area contributed by atoms with Gasteiger partial charge in [-0.05, 0) is 18.4 Å². The molecule has 7 heteroatoms. The topological polar surface area (TPSA) is 70.7 Å². The van der Waals surface area contributed by atoms with Crippen LogP contribution in [-0.2, 0) is 13.1 Å². The standard InChI is InChI=1S/C12H12N4OS2/c1-7-6-19-10(14-7)5-13-4-9-15-8-2-3-18-11(8)12(17)16-9/h2-3,6,13H,4-5H2,1H3,(H,15,16,17). The van der Waals surface area contributed by atoms with Gasteiger partial charge in [-0.1, -0.05) is 0 Å². The van der Waals surface area contributed by atoms with Gasteiger partial charge >= 0.3 is 0 Å². The molecule has 0 fully saturated rings. The second-order valence-electron chi connectivity index (χ2n) is 4.13. The molecule has 0 aliphatic rings. The van der Waals surface area contributed by atoms with Crippen LogP contribution >= 0.6 is 22.7 Å². The van der Waals surface area contributed by atoms with Crippen LogP contribution in [0.15, 0.2) is 21.6 Å². The molecule has 5 nitrogen and oxygen atoms in total. The van der Waals surface area contributed by atoms with Crippen molar-refractivity contribution in [1.82, 2.24) is 20.3 Å². The molecule has 0 amide bonds. The van der Waals surface area contributed by atoms with Crippen LogP contribution in [0.5, 0.6) is 0 Å². The molecule has 0 aromatic carbocycles. The molecule has 0 unspecified atom stereocenters. The highest BCUT2D eigenvalue weighted by Crippen LogP contribution is 2.13. The van der Waals surface area contributed by atoms with Crippen molar-refractivity contribution in [3.63, 3.8) is 0 Å². The van der Waals surface area contributed by atoms with E-state index in [0.29, 0.717) is 23.6 Å². The molecule has 0 radical (unpaired) electrons. The van der Waals surface area contributed by atoms with Crippen molar-refractivity contribution in [3.05, 3.63) is 43.7 Å². The highest BCUT2D eigenvalue weighted by molar-refractivity contribution is 7.17. The lowest BCUT2D eigenvalue weighted by molar-refractivity contribution is 0.660. The van der Waals surface area contributed by atoms with E-state index in [2.05, 4.69) is 20.3 Å². The Hall–Kier alpha value is -1.57. The summed E-state index contributed by atoms with van der Waals surface area (Å²) in [6, 6.07) is 1.86. The first-order chi connectivity index (χ1) is 9.22. The van der Waals surface area contributed by atoms with Gasteiger partial charge in [-0.25, -0.2) is 9.97 Å². The Morgan fingerprint density at radius 1 is 1.32 bits per heavy atom. The lowest BCUT2D eigenvalue weighted by Crippen LogP contribution is -2.18. The number of H-pyrrole nitrogens is 1. The van der Waals surface area contributed by atoms with E-state index in [9.17, 15) is 4.79 Å². The van der Waals surface area contributed by atoms with Gasteiger partial charge in [0.25, 0.3) is 5.56 Å². The summed E-state index contributed by atoms with van der Waals surface area (Å²) in [4.78, 5) is 23.3. The van der Waals surface area contributed by atoms with E-state index in [1.165, 1.54) is 11.3 Å². The number of rotatable bonds is 4. The van der Waals surface area contributed by atoms with Crippen molar-refractivity contribution in [2.75, 3.05) is 0 Å². The molecular weight excluding hydrogens is 280 g/mol. The van der Waals surface area contributed by atoms with Gasteiger partial charge in [-0.2, -0.15) is 0 Å². The zero-order valence-corrected chi connectivity index (χ0v) is 11.9. The Morgan fingerprint density at radius 3 is 3.00 bits per heavy atom. The van der Waals surface area contributed by atoms with Crippen molar-refractivity contribution >= 4 is 32.9 Å². The maximum Gasteiger partial charge on any atom is 0.268 e. The number of aromatic nitrogens is 3. The Balaban J connectivity index is 1.69. The first-order valence-electron chi connectivity index (χ1n) is 5.80. The normalized spacial score (nSPS) is 11.2.